The molecule has 11 N–H and O–H groups in total. The maximum Gasteiger partial charge on any atom is 0.412 e. The normalized spacial score (nSPS) is 20.6. The highest BCUT2D eigenvalue weighted by atomic mass is 16.6. The Morgan fingerprint density at radius 3 is 0.992 bits per heavy atom. The van der Waals surface area contributed by atoms with Gasteiger partial charge in [-0.3, -0.25) is 35.7 Å². The van der Waals surface area contributed by atoms with Crippen LogP contribution in [-0.4, -0.2) is 177 Å². The molecule has 13 aliphatic rings. The van der Waals surface area contributed by atoms with Crippen molar-refractivity contribution in [2.75, 3.05) is 152 Å². The van der Waals surface area contributed by atoms with E-state index in [1.807, 2.05) is 130 Å². The van der Waals surface area contributed by atoms with Gasteiger partial charge in [0.05, 0.1) is 35.6 Å². The smallest absolute Gasteiger partial charge is 0.412 e. The summed E-state index contributed by atoms with van der Waals surface area (Å²) in [4.78, 5) is 87.2. The molecule has 0 saturated carbocycles. The zero-order chi connectivity index (χ0) is 89.1. The number of carbonyl (C=O) groups is 7. The summed E-state index contributed by atoms with van der Waals surface area (Å²) in [6.07, 6.45) is 11.4. The van der Waals surface area contributed by atoms with E-state index in [0.29, 0.717) is 18.6 Å². The number of likely N-dealkylation sites (tertiary alicyclic amines) is 3. The van der Waals surface area contributed by atoms with E-state index in [0.717, 1.165) is 243 Å². The van der Waals surface area contributed by atoms with Gasteiger partial charge in [0.25, 0.3) is 0 Å². The Morgan fingerprint density at radius 1 is 0.310 bits per heavy atom. The van der Waals surface area contributed by atoms with Crippen molar-refractivity contribution in [1.82, 2.24) is 36.0 Å². The molecular weight excluding hydrogens is 1590 g/mol. The number of para-hydroxylation sites is 2. The van der Waals surface area contributed by atoms with Crippen LogP contribution in [0.15, 0.2) is 176 Å². The first-order chi connectivity index (χ1) is 60.7. The fraction of sp³-hybridized carbons (Fsp3) is 0.450. The second-order valence-corrected chi connectivity index (χ2v) is 35.3. The summed E-state index contributed by atoms with van der Waals surface area (Å²) in [6, 6.07) is 58.7. The number of fused-ring (bicyclic) bond motifs is 12. The molecule has 0 unspecified atom stereocenters. The molecule has 13 heterocycles. The van der Waals surface area contributed by atoms with E-state index in [4.69, 9.17) is 34.2 Å². The Hall–Kier alpha value is -11.2. The number of benzene rings is 8. The number of rotatable bonds is 1. The molecular formula is C100H127N13O13. The molecule has 0 atom stereocenters. The van der Waals surface area contributed by atoms with Crippen LogP contribution in [0.4, 0.5) is 53.3 Å². The molecule has 126 heavy (non-hydrogen) atoms. The molecule has 7 saturated heterocycles. The van der Waals surface area contributed by atoms with Crippen LogP contribution in [-0.2, 0) is 89.3 Å². The number of ketones is 1. The standard InChI is InChI=1S/C14H18N2O2.C14H17NO2.2C13H16N2O2.C13H15NO2.C12H14N2O2.C8H11N.C7H9N.C6H11NO/c1-10-3-4-12-11(9-10)14(18-13(17)15-12)5-7-16(2)8-6-14;1-10-2-3-11-9-13(16)17-14(12(11)8-10)4-6-15-7-5-14;1-9-2-3-11-10(8-9)13(17-12(16)15-11)4-6-14-7-5-13;1-15-8-6-13(7-9-15)10-4-2-3-5-11(10)14-12(16)17-13;15-12-9-10-3-1-2-4-11(10)13(16-12)5-7-14-8-6-13;15-11-14-10-4-2-1-3-9(10)12(16-11)5-7-13-8-6-12;1-7-3-5-8(9-2)6-4-7;1-6-2-4-7(8)5-3-6;1-7-4-2-6(8)3-5-7/h3-4,9H,5-8H2,1-2H3,(H,15,17);2-3,8,15H,4-7,9H2,1H3;2-3,8,14H,4-7H2,1H3,(H,15,16);2-5H,6-9H2,1H3,(H,14,16);1-4,14H,5-9H2;1-4,13H,5-8H2,(H,14,15);3-6,9H,1-2H3;2-5H,8H2,1H3;2-5H2,1H3. The maximum atomic E-state index is 11.7. The number of nitrogens with zero attached hydrogens (tertiary/aromatic N) is 3. The lowest BCUT2D eigenvalue weighted by atomic mass is 9.79. The number of hydrogen-bond donors (Lipinski definition) is 10. The number of amides is 4. The third-order valence-corrected chi connectivity index (χ3v) is 26.0. The topological polar surface area (TPSA) is 319 Å². The van der Waals surface area contributed by atoms with Gasteiger partial charge in [-0.05, 0) is 191 Å². The molecule has 6 spiro atoms. The lowest BCUT2D eigenvalue weighted by Gasteiger charge is -2.43. The third-order valence-electron chi connectivity index (χ3n) is 26.0. The third kappa shape index (κ3) is 23.1. The molecule has 0 aromatic heterocycles. The molecule has 26 heteroatoms. The summed E-state index contributed by atoms with van der Waals surface area (Å²) < 4.78 is 33.8. The number of aryl methyl sites for hydroxylation is 5. The fourth-order valence-electron chi connectivity index (χ4n) is 18.7. The summed E-state index contributed by atoms with van der Waals surface area (Å²) >= 11 is 0. The average Bonchev–Trinajstić information content (AvgIpc) is 0.806. The summed E-state index contributed by atoms with van der Waals surface area (Å²) in [7, 11) is 8.17. The minimum Gasteiger partial charge on any atom is -0.454 e. The molecule has 26 nitrogen and oxygen atoms in total. The Balaban J connectivity index is 0.000000123. The monoisotopic (exact) mass is 1720 g/mol. The minimum atomic E-state index is -0.422. The van der Waals surface area contributed by atoms with Crippen LogP contribution in [0.2, 0.25) is 0 Å². The van der Waals surface area contributed by atoms with E-state index in [1.165, 1.54) is 44.6 Å². The number of carbonyl (C=O) groups excluding carboxylic acids is 7. The summed E-state index contributed by atoms with van der Waals surface area (Å²) in [5.74, 6) is 0.256. The number of piperidine rings is 7. The van der Waals surface area contributed by atoms with Crippen molar-refractivity contribution in [1.29, 1.82) is 0 Å². The predicted molar refractivity (Wildman–Crippen MR) is 493 cm³/mol. The number of Topliss-reactive ketones (excluding diaryl/α,β-unsaturated/α-hetero) is 1. The number of nitrogens with two attached hydrogens (primary N) is 1. The van der Waals surface area contributed by atoms with Gasteiger partial charge in [-0.15, -0.1) is 0 Å². The van der Waals surface area contributed by atoms with Gasteiger partial charge < -0.3 is 75.4 Å². The number of esters is 2. The number of nitrogens with one attached hydrogen (secondary N) is 9. The zero-order valence-corrected chi connectivity index (χ0v) is 74.7. The van der Waals surface area contributed by atoms with Gasteiger partial charge in [0.2, 0.25) is 0 Å². The van der Waals surface area contributed by atoms with Crippen molar-refractivity contribution in [2.45, 2.75) is 171 Å². The maximum absolute atomic E-state index is 11.7. The van der Waals surface area contributed by atoms with E-state index in [1.54, 1.807) is 0 Å². The Bertz CT molecular complexity index is 4900. The Labute approximate surface area is 741 Å². The van der Waals surface area contributed by atoms with Gasteiger partial charge in [-0.1, -0.05) is 143 Å². The summed E-state index contributed by atoms with van der Waals surface area (Å²) in [5.41, 5.74) is 24.0. The van der Waals surface area contributed by atoms with Crippen LogP contribution in [0.3, 0.4) is 0 Å². The molecule has 21 rings (SSSR count). The van der Waals surface area contributed by atoms with Crippen molar-refractivity contribution in [3.63, 3.8) is 0 Å². The average molecular weight is 1720 g/mol. The summed E-state index contributed by atoms with van der Waals surface area (Å²) in [6.45, 7) is 23.3. The van der Waals surface area contributed by atoms with Crippen LogP contribution >= 0.6 is 0 Å². The van der Waals surface area contributed by atoms with E-state index in [2.05, 4.69) is 171 Å². The SMILES string of the molecule is CN1CCC(=O)CC1.CN1CCC2(CC1)OC(=O)Nc1ccccc12.CNc1ccc(C)cc1.Cc1ccc(N)cc1.Cc1ccc2c(c1)C1(CCN(C)CC1)OC(=O)N2.Cc1ccc2c(c1)C1(CCNCC1)OC(=O)C2.Cc1ccc2c(c1)C1(CCNCC1)OC(=O)N2.O=C1Cc2ccccc2C2(CCNCC2)O1.O=C1Nc2ccccc2C2(CCNCC2)O1. The first-order valence-electron chi connectivity index (χ1n) is 44.7. The van der Waals surface area contributed by atoms with Crippen LogP contribution in [0, 0.1) is 34.6 Å². The highest BCUT2D eigenvalue weighted by molar-refractivity contribution is 5.91. The number of ether oxygens (including phenoxy) is 6. The van der Waals surface area contributed by atoms with Gasteiger partial charge >= 0.3 is 36.3 Å². The van der Waals surface area contributed by atoms with E-state index in [-0.39, 0.29) is 47.5 Å². The Morgan fingerprint density at radius 2 is 0.603 bits per heavy atom. The van der Waals surface area contributed by atoms with Gasteiger partial charge in [-0.2, -0.15) is 0 Å². The van der Waals surface area contributed by atoms with Crippen molar-refractivity contribution in [3.05, 3.63) is 248 Å². The molecule has 7 fully saturated rings. The highest BCUT2D eigenvalue weighted by Crippen LogP contribution is 2.48. The lowest BCUT2D eigenvalue weighted by Crippen LogP contribution is -2.47. The van der Waals surface area contributed by atoms with Gasteiger partial charge in [0.15, 0.2) is 0 Å². The molecule has 13 aliphatic heterocycles. The highest BCUT2D eigenvalue weighted by Gasteiger charge is 2.49. The predicted octanol–water partition coefficient (Wildman–Crippen LogP) is 15.5. The van der Waals surface area contributed by atoms with E-state index < -0.39 is 22.4 Å². The largest absolute Gasteiger partial charge is 0.454 e. The molecule has 0 bridgehead atoms. The van der Waals surface area contributed by atoms with Crippen molar-refractivity contribution in [2.24, 2.45) is 0 Å². The minimum absolute atomic E-state index is 0.0803. The van der Waals surface area contributed by atoms with Crippen LogP contribution in [0.5, 0.6) is 0 Å². The van der Waals surface area contributed by atoms with Crippen LogP contribution in [0.1, 0.15) is 162 Å². The van der Waals surface area contributed by atoms with E-state index >= 15 is 0 Å². The molecule has 8 aromatic carbocycles. The van der Waals surface area contributed by atoms with E-state index in [9.17, 15) is 33.6 Å². The summed E-state index contributed by atoms with van der Waals surface area (Å²) in [5, 5.41) is 27.4. The molecule has 4 amide bonds. The van der Waals surface area contributed by atoms with Crippen molar-refractivity contribution >= 4 is 76.2 Å². The molecule has 8 aromatic rings. The Kier molecular flexibility index (Phi) is 30.8. The van der Waals surface area contributed by atoms with Crippen molar-refractivity contribution < 1.29 is 62.0 Å². The first-order valence-corrected chi connectivity index (χ1v) is 44.7. The second kappa shape index (κ2) is 41.9. The fourth-order valence-corrected chi connectivity index (χ4v) is 18.7. The lowest BCUT2D eigenvalue weighted by molar-refractivity contribution is -0.167. The first kappa shape index (κ1) is 92.4. The number of nitrogen functional groups attached to an aromatic ring is 1. The van der Waals surface area contributed by atoms with Crippen molar-refractivity contribution in [3.8, 4) is 0 Å². The molecule has 670 valence electrons. The quantitative estimate of drug-likeness (QED) is 0.0415. The molecule has 0 radical (unpaired) electrons. The zero-order valence-electron chi connectivity index (χ0n) is 74.7. The van der Waals surface area contributed by atoms with Crippen LogP contribution in [0.25, 0.3) is 0 Å². The van der Waals surface area contributed by atoms with Gasteiger partial charge in [0, 0.05) is 170 Å². The van der Waals surface area contributed by atoms with Gasteiger partial charge in [-0.25, -0.2) is 19.2 Å². The van der Waals surface area contributed by atoms with Crippen LogP contribution < -0.4 is 53.6 Å². The number of hydrogen-bond acceptors (Lipinski definition) is 22. The second-order valence-electron chi connectivity index (χ2n) is 35.3. The number of anilines is 6. The molecule has 0 aliphatic carbocycles. The van der Waals surface area contributed by atoms with Gasteiger partial charge in [0.1, 0.15) is 39.4 Å².